The van der Waals surface area contributed by atoms with Gasteiger partial charge in [0.05, 0.1) is 39.7 Å². The van der Waals surface area contributed by atoms with Crippen LogP contribution < -0.4 is 11.5 Å². The second kappa shape index (κ2) is 14.5. The fourth-order valence-electron chi connectivity index (χ4n) is 6.84. The second-order valence-corrected chi connectivity index (χ2v) is 13.4. The molecule has 4 N–H and O–H groups in total. The lowest BCUT2D eigenvalue weighted by molar-refractivity contribution is -0.138. The Morgan fingerprint density at radius 2 is 1.19 bits per heavy atom. The number of carbonyl (C=O) groups is 2. The highest BCUT2D eigenvalue weighted by molar-refractivity contribution is 6.14. The number of hydrogen-bond acceptors (Lipinski definition) is 10. The highest BCUT2D eigenvalue weighted by Crippen LogP contribution is 2.42. The van der Waals surface area contributed by atoms with Gasteiger partial charge in [-0.25, -0.2) is 19.9 Å². The molecule has 298 valence electrons. The smallest absolute Gasteiger partial charge is 0.416 e. The first-order valence-corrected chi connectivity index (χ1v) is 17.4. The van der Waals surface area contributed by atoms with Gasteiger partial charge >= 0.3 is 12.4 Å². The van der Waals surface area contributed by atoms with Crippen LogP contribution in [0.4, 0.5) is 38.2 Å². The SMILES string of the molecule is Cc1ccc(-c2nc(N)nc3c2C(=O)N(C)/C3=C\c2ccccc2C(F)(F)F)o1.Cc1ccc(-c2nc(N)nc3c2C(=O)N(C)C3Cc2ccccc2C(F)(F)F)o1. The molecular weight excluding hydrogens is 770 g/mol. The number of nitrogens with two attached hydrogens (primary N) is 2. The lowest BCUT2D eigenvalue weighted by Crippen LogP contribution is -2.25. The summed E-state index contributed by atoms with van der Waals surface area (Å²) in [6.07, 6.45) is -7.82. The molecule has 2 aliphatic heterocycles. The summed E-state index contributed by atoms with van der Waals surface area (Å²) in [4.78, 5) is 45.0. The summed E-state index contributed by atoms with van der Waals surface area (Å²) in [6.45, 7) is 3.49. The van der Waals surface area contributed by atoms with E-state index < -0.39 is 41.3 Å². The Hall–Kier alpha value is -6.98. The number of aryl methyl sites for hydroxylation is 2. The average molecular weight is 803 g/mol. The summed E-state index contributed by atoms with van der Waals surface area (Å²) in [5, 5.41) is 0. The Morgan fingerprint density at radius 3 is 1.76 bits per heavy atom. The lowest BCUT2D eigenvalue weighted by Gasteiger charge is -2.22. The molecule has 1 unspecified atom stereocenters. The van der Waals surface area contributed by atoms with Crippen LogP contribution >= 0.6 is 0 Å². The molecule has 0 spiro atoms. The number of rotatable bonds is 5. The Labute approximate surface area is 325 Å². The molecule has 0 radical (unpaired) electrons. The van der Waals surface area contributed by atoms with E-state index in [1.54, 1.807) is 38.1 Å². The number of fused-ring (bicyclic) bond motifs is 2. The molecule has 4 aromatic heterocycles. The molecule has 58 heavy (non-hydrogen) atoms. The van der Waals surface area contributed by atoms with E-state index in [9.17, 15) is 35.9 Å². The van der Waals surface area contributed by atoms with Crippen LogP contribution in [-0.4, -0.2) is 55.6 Å². The Morgan fingerprint density at radius 1 is 0.672 bits per heavy atom. The van der Waals surface area contributed by atoms with E-state index in [0.717, 1.165) is 12.1 Å². The van der Waals surface area contributed by atoms with Gasteiger partial charge in [0.1, 0.15) is 28.6 Å². The molecule has 2 aliphatic rings. The summed E-state index contributed by atoms with van der Waals surface area (Å²) in [6, 6.07) is 16.4. The van der Waals surface area contributed by atoms with Gasteiger partial charge in [0.15, 0.2) is 11.5 Å². The summed E-state index contributed by atoms with van der Waals surface area (Å²) in [5.41, 5.74) is 11.5. The number of furan rings is 2. The van der Waals surface area contributed by atoms with Gasteiger partial charge in [-0.1, -0.05) is 36.4 Å². The highest BCUT2D eigenvalue weighted by Gasteiger charge is 2.42. The molecule has 8 rings (SSSR count). The first-order chi connectivity index (χ1) is 27.3. The van der Waals surface area contributed by atoms with Crippen LogP contribution in [0.3, 0.4) is 0 Å². The van der Waals surface area contributed by atoms with E-state index >= 15 is 0 Å². The molecule has 18 heteroatoms. The van der Waals surface area contributed by atoms with E-state index in [4.69, 9.17) is 20.3 Å². The van der Waals surface area contributed by atoms with E-state index in [-0.39, 0.29) is 63.4 Å². The molecule has 2 amide bonds. The van der Waals surface area contributed by atoms with Crippen LogP contribution in [0.15, 0.2) is 81.6 Å². The van der Waals surface area contributed by atoms with Crippen molar-refractivity contribution in [1.29, 1.82) is 0 Å². The van der Waals surface area contributed by atoms with E-state index in [1.807, 2.05) is 0 Å². The van der Waals surface area contributed by atoms with Crippen molar-refractivity contribution < 1.29 is 44.8 Å². The molecule has 6 heterocycles. The Bertz CT molecular complexity index is 2630. The fraction of sp³-hybridized carbons (Fsp3) is 0.200. The maximum atomic E-state index is 13.4. The number of alkyl halides is 6. The molecule has 1 atom stereocenters. The maximum Gasteiger partial charge on any atom is 0.416 e. The lowest BCUT2D eigenvalue weighted by atomic mass is 9.97. The third-order valence-corrected chi connectivity index (χ3v) is 9.56. The number of carbonyl (C=O) groups excluding carboxylic acids is 2. The Balaban J connectivity index is 0.000000177. The molecule has 12 nitrogen and oxygen atoms in total. The zero-order chi connectivity index (χ0) is 41.8. The normalized spacial score (nSPS) is 15.8. The molecule has 0 saturated heterocycles. The van der Waals surface area contributed by atoms with Crippen molar-refractivity contribution >= 4 is 35.5 Å². The van der Waals surface area contributed by atoms with E-state index in [1.165, 1.54) is 66.4 Å². The van der Waals surface area contributed by atoms with Crippen molar-refractivity contribution in [3.63, 3.8) is 0 Å². The van der Waals surface area contributed by atoms with Gasteiger partial charge in [0.25, 0.3) is 11.8 Å². The third-order valence-electron chi connectivity index (χ3n) is 9.56. The average Bonchev–Trinajstić information content (AvgIpc) is 3.91. The van der Waals surface area contributed by atoms with E-state index in [2.05, 4.69) is 19.9 Å². The first-order valence-electron chi connectivity index (χ1n) is 17.4. The minimum Gasteiger partial charge on any atom is -0.460 e. The predicted molar refractivity (Wildman–Crippen MR) is 199 cm³/mol. The van der Waals surface area contributed by atoms with E-state index in [0.29, 0.717) is 28.7 Å². The van der Waals surface area contributed by atoms with Crippen molar-refractivity contribution in [2.45, 2.75) is 38.7 Å². The summed E-state index contributed by atoms with van der Waals surface area (Å²) in [7, 11) is 2.98. The van der Waals surface area contributed by atoms with Gasteiger partial charge in [-0.2, -0.15) is 26.3 Å². The standard InChI is InChI=1S/C20H17F3N4O2.C20H15F3N4O2/c2*1-10-7-8-14(29-10)17-15-16(25-19(24)26-17)13(27(2)18(15)28)9-11-5-3-4-6-12(11)20(21,22)23/h3-8,13H,9H2,1-2H3,(H2,24,25,26);3-9H,1-2H3,(H2,24,25,26)/b;13-9-. The predicted octanol–water partition coefficient (Wildman–Crippen LogP) is 8.25. The molecule has 6 aromatic rings. The van der Waals surface area contributed by atoms with Crippen LogP contribution in [0.2, 0.25) is 0 Å². The van der Waals surface area contributed by atoms with Crippen molar-refractivity contribution in [1.82, 2.24) is 29.7 Å². The first kappa shape index (κ1) is 39.3. The fourth-order valence-corrected chi connectivity index (χ4v) is 6.84. The zero-order valence-electron chi connectivity index (χ0n) is 31.0. The maximum absolute atomic E-state index is 13.4. The topological polar surface area (TPSA) is 170 Å². The molecule has 0 aliphatic carbocycles. The number of likely N-dealkylation sites (N-methyl/N-ethyl adjacent to an activating group) is 1. The molecule has 2 aromatic carbocycles. The van der Waals surface area contributed by atoms with Crippen molar-refractivity contribution in [2.75, 3.05) is 25.6 Å². The van der Waals surface area contributed by atoms with Crippen LogP contribution in [0, 0.1) is 13.8 Å². The van der Waals surface area contributed by atoms with Crippen molar-refractivity contribution in [3.8, 4) is 22.9 Å². The number of aromatic nitrogens is 4. The molecule has 0 bridgehead atoms. The molecule has 0 saturated carbocycles. The van der Waals surface area contributed by atoms with Gasteiger partial charge in [-0.3, -0.25) is 9.59 Å². The number of anilines is 2. The second-order valence-electron chi connectivity index (χ2n) is 13.4. The Kier molecular flexibility index (Phi) is 9.82. The summed E-state index contributed by atoms with van der Waals surface area (Å²) in [5.74, 6) is 0.867. The molecular formula is C40H32F6N8O4. The number of hydrogen-bond donors (Lipinski definition) is 2. The van der Waals surface area contributed by atoms with Gasteiger partial charge in [0, 0.05) is 14.1 Å². The van der Waals surface area contributed by atoms with Crippen LogP contribution in [-0.2, 0) is 18.8 Å². The summed E-state index contributed by atoms with van der Waals surface area (Å²) < 4.78 is 91.5. The molecule has 0 fully saturated rings. The minimum absolute atomic E-state index is 0.0575. The number of benzene rings is 2. The highest BCUT2D eigenvalue weighted by atomic mass is 19.4. The third kappa shape index (κ3) is 7.23. The monoisotopic (exact) mass is 802 g/mol. The van der Waals surface area contributed by atoms with Crippen molar-refractivity contribution in [2.24, 2.45) is 0 Å². The van der Waals surface area contributed by atoms with Gasteiger partial charge < -0.3 is 30.1 Å². The zero-order valence-corrected chi connectivity index (χ0v) is 31.0. The number of halogens is 6. The van der Waals surface area contributed by atoms with Crippen molar-refractivity contribution in [3.05, 3.63) is 129 Å². The number of nitrogen functional groups attached to an aromatic ring is 2. The number of amides is 2. The number of nitrogens with zero attached hydrogens (tertiary/aromatic N) is 6. The largest absolute Gasteiger partial charge is 0.460 e. The van der Waals surface area contributed by atoms with Crippen LogP contribution in [0.1, 0.15) is 71.9 Å². The summed E-state index contributed by atoms with van der Waals surface area (Å²) >= 11 is 0. The quantitative estimate of drug-likeness (QED) is 0.162. The minimum atomic E-state index is -4.54. The van der Waals surface area contributed by atoms with Crippen LogP contribution in [0.5, 0.6) is 0 Å². The van der Waals surface area contributed by atoms with Gasteiger partial charge in [0.2, 0.25) is 11.9 Å². The van der Waals surface area contributed by atoms with Crippen LogP contribution in [0.25, 0.3) is 34.7 Å². The van der Waals surface area contributed by atoms with Gasteiger partial charge in [-0.15, -0.1) is 0 Å². The van der Waals surface area contributed by atoms with Gasteiger partial charge in [-0.05, 0) is 73.9 Å².